The number of thiol groups is 1. The van der Waals surface area contributed by atoms with E-state index >= 15 is 0 Å². The lowest BCUT2D eigenvalue weighted by atomic mass is 9.63. The standard InChI is InChI=1S/C18H32O2S/c1-16(2,3)13(19)7-6-12-8-9-18(20)11-10-17(4,5)15(21)14(12)18/h12,14-15,20-21H,6-11H2,1-5H3/t12?,14-,15-,18-/m1/s1. The van der Waals surface area contributed by atoms with E-state index in [0.717, 1.165) is 32.1 Å². The molecule has 4 atom stereocenters. The third-order valence-corrected chi connectivity index (χ3v) is 7.02. The molecule has 0 aromatic rings. The number of rotatable bonds is 3. The van der Waals surface area contributed by atoms with Gasteiger partial charge in [-0.25, -0.2) is 0 Å². The van der Waals surface area contributed by atoms with Crippen LogP contribution in [0.25, 0.3) is 0 Å². The van der Waals surface area contributed by atoms with Crippen molar-refractivity contribution >= 4 is 18.4 Å². The zero-order valence-electron chi connectivity index (χ0n) is 14.3. The molecule has 122 valence electrons. The van der Waals surface area contributed by atoms with Crippen LogP contribution in [0.3, 0.4) is 0 Å². The van der Waals surface area contributed by atoms with Crippen molar-refractivity contribution in [2.24, 2.45) is 22.7 Å². The molecule has 0 aliphatic heterocycles. The summed E-state index contributed by atoms with van der Waals surface area (Å²) in [4.78, 5) is 12.2. The van der Waals surface area contributed by atoms with E-state index in [1.54, 1.807) is 0 Å². The minimum atomic E-state index is -0.530. The lowest BCUT2D eigenvalue weighted by Gasteiger charge is -2.49. The molecule has 0 saturated heterocycles. The average Bonchev–Trinajstić information content (AvgIpc) is 2.69. The van der Waals surface area contributed by atoms with E-state index in [1.807, 2.05) is 20.8 Å². The second-order valence-corrected chi connectivity index (χ2v) is 9.63. The molecule has 0 aromatic carbocycles. The molecule has 0 aromatic heterocycles. The third-order valence-electron chi connectivity index (χ3n) is 6.00. The number of ketones is 1. The Bertz CT molecular complexity index is 410. The van der Waals surface area contributed by atoms with Crippen LogP contribution in [0, 0.1) is 22.7 Å². The van der Waals surface area contributed by atoms with Crippen LogP contribution in [0.2, 0.25) is 0 Å². The summed E-state index contributed by atoms with van der Waals surface area (Å²) in [6.45, 7) is 10.5. The van der Waals surface area contributed by atoms with Gasteiger partial charge in [0, 0.05) is 23.0 Å². The topological polar surface area (TPSA) is 37.3 Å². The maximum Gasteiger partial charge on any atom is 0.138 e. The Labute approximate surface area is 135 Å². The van der Waals surface area contributed by atoms with Gasteiger partial charge in [0.15, 0.2) is 0 Å². The molecule has 2 nitrogen and oxygen atoms in total. The smallest absolute Gasteiger partial charge is 0.138 e. The van der Waals surface area contributed by atoms with E-state index in [1.165, 1.54) is 0 Å². The monoisotopic (exact) mass is 312 g/mol. The number of Topliss-reactive ketones (excluding diaryl/α,β-unsaturated/α-hetero) is 1. The molecule has 0 spiro atoms. The molecule has 0 amide bonds. The Morgan fingerprint density at radius 3 is 2.43 bits per heavy atom. The fourth-order valence-corrected chi connectivity index (χ4v) is 4.90. The molecule has 2 fully saturated rings. The van der Waals surface area contributed by atoms with Crippen LogP contribution in [0.4, 0.5) is 0 Å². The van der Waals surface area contributed by atoms with E-state index in [-0.39, 0.29) is 22.0 Å². The second-order valence-electron chi connectivity index (χ2n) is 9.07. The zero-order chi connectivity index (χ0) is 16.1. The first-order valence-electron chi connectivity index (χ1n) is 8.41. The van der Waals surface area contributed by atoms with Gasteiger partial charge in [0.1, 0.15) is 5.78 Å². The molecular formula is C18H32O2S. The zero-order valence-corrected chi connectivity index (χ0v) is 15.2. The minimum absolute atomic E-state index is 0.177. The molecule has 3 heteroatoms. The lowest BCUT2D eigenvalue weighted by Crippen LogP contribution is -2.51. The molecule has 2 aliphatic carbocycles. The molecule has 1 N–H and O–H groups in total. The van der Waals surface area contributed by atoms with Crippen LogP contribution >= 0.6 is 12.6 Å². The fraction of sp³-hybridized carbons (Fsp3) is 0.944. The Morgan fingerprint density at radius 2 is 1.86 bits per heavy atom. The maximum atomic E-state index is 12.2. The van der Waals surface area contributed by atoms with Crippen LogP contribution in [-0.4, -0.2) is 21.7 Å². The summed E-state index contributed by atoms with van der Waals surface area (Å²) >= 11 is 4.89. The van der Waals surface area contributed by atoms with Crippen molar-refractivity contribution in [3.63, 3.8) is 0 Å². The molecule has 1 unspecified atom stereocenters. The van der Waals surface area contributed by atoms with E-state index in [9.17, 15) is 9.90 Å². The number of hydrogen-bond donors (Lipinski definition) is 2. The molecular weight excluding hydrogens is 280 g/mol. The van der Waals surface area contributed by atoms with Crippen molar-refractivity contribution in [2.75, 3.05) is 0 Å². The van der Waals surface area contributed by atoms with Crippen molar-refractivity contribution < 1.29 is 9.90 Å². The quantitative estimate of drug-likeness (QED) is 0.764. The third kappa shape index (κ3) is 3.34. The van der Waals surface area contributed by atoms with Gasteiger partial charge < -0.3 is 5.11 Å². The van der Waals surface area contributed by atoms with Gasteiger partial charge in [-0.3, -0.25) is 4.79 Å². The predicted molar refractivity (Wildman–Crippen MR) is 90.6 cm³/mol. The Hall–Kier alpha value is -0.0200. The van der Waals surface area contributed by atoms with Gasteiger partial charge in [0.25, 0.3) is 0 Å². The first kappa shape index (κ1) is 17.3. The van der Waals surface area contributed by atoms with Gasteiger partial charge >= 0.3 is 0 Å². The number of fused-ring (bicyclic) bond motifs is 1. The summed E-state index contributed by atoms with van der Waals surface area (Å²) in [7, 11) is 0. The normalized spacial score (nSPS) is 39.1. The first-order chi connectivity index (χ1) is 9.47. The summed E-state index contributed by atoms with van der Waals surface area (Å²) in [5.41, 5.74) is -0.602. The van der Waals surface area contributed by atoms with Crippen molar-refractivity contribution in [1.29, 1.82) is 0 Å². The van der Waals surface area contributed by atoms with Gasteiger partial charge in [0.2, 0.25) is 0 Å². The summed E-state index contributed by atoms with van der Waals surface area (Å²) in [6, 6.07) is 0. The first-order valence-corrected chi connectivity index (χ1v) is 8.93. The Morgan fingerprint density at radius 1 is 1.24 bits per heavy atom. The lowest BCUT2D eigenvalue weighted by molar-refractivity contribution is -0.126. The van der Waals surface area contributed by atoms with E-state index < -0.39 is 5.60 Å². The average molecular weight is 313 g/mol. The van der Waals surface area contributed by atoms with Crippen LogP contribution in [-0.2, 0) is 4.79 Å². The van der Waals surface area contributed by atoms with Gasteiger partial charge in [0.05, 0.1) is 5.60 Å². The van der Waals surface area contributed by atoms with Gasteiger partial charge in [-0.2, -0.15) is 12.6 Å². The number of carbonyl (C=O) groups is 1. The van der Waals surface area contributed by atoms with E-state index in [2.05, 4.69) is 13.8 Å². The van der Waals surface area contributed by atoms with Gasteiger partial charge in [-0.15, -0.1) is 0 Å². The van der Waals surface area contributed by atoms with Crippen LogP contribution in [0.15, 0.2) is 0 Å². The Balaban J connectivity index is 2.07. The van der Waals surface area contributed by atoms with E-state index in [0.29, 0.717) is 18.1 Å². The summed E-state index contributed by atoms with van der Waals surface area (Å²) in [5.74, 6) is 1.03. The largest absolute Gasteiger partial charge is 0.390 e. The van der Waals surface area contributed by atoms with Crippen molar-refractivity contribution in [3.05, 3.63) is 0 Å². The Kier molecular flexibility index (Phi) is 4.59. The molecule has 2 saturated carbocycles. The van der Waals surface area contributed by atoms with Crippen LogP contribution in [0.5, 0.6) is 0 Å². The SMILES string of the molecule is CC(C)(C)C(=O)CCC1CC[C@@]2(O)CCC(C)(C)[C@H](S)[C@@H]12. The highest BCUT2D eigenvalue weighted by molar-refractivity contribution is 7.81. The van der Waals surface area contributed by atoms with Crippen LogP contribution < -0.4 is 0 Å². The van der Waals surface area contributed by atoms with Crippen LogP contribution in [0.1, 0.15) is 73.1 Å². The molecule has 0 radical (unpaired) electrons. The molecule has 21 heavy (non-hydrogen) atoms. The number of carbonyl (C=O) groups excluding carboxylic acids is 1. The molecule has 2 aliphatic rings. The molecule has 0 heterocycles. The minimum Gasteiger partial charge on any atom is -0.390 e. The number of hydrogen-bond acceptors (Lipinski definition) is 3. The maximum absolute atomic E-state index is 12.2. The van der Waals surface area contributed by atoms with Crippen molar-refractivity contribution in [1.82, 2.24) is 0 Å². The molecule has 0 bridgehead atoms. The number of aliphatic hydroxyl groups is 1. The van der Waals surface area contributed by atoms with Gasteiger partial charge in [-0.1, -0.05) is 34.6 Å². The highest BCUT2D eigenvalue weighted by Crippen LogP contribution is 2.57. The van der Waals surface area contributed by atoms with Crippen molar-refractivity contribution in [3.8, 4) is 0 Å². The summed E-state index contributed by atoms with van der Waals surface area (Å²) < 4.78 is 0. The molecule has 2 rings (SSSR count). The summed E-state index contributed by atoms with van der Waals surface area (Å²) in [6.07, 6.45) is 5.43. The van der Waals surface area contributed by atoms with Crippen molar-refractivity contribution in [2.45, 2.75) is 84.0 Å². The summed E-state index contributed by atoms with van der Waals surface area (Å²) in [5, 5.41) is 11.2. The van der Waals surface area contributed by atoms with Gasteiger partial charge in [-0.05, 0) is 43.4 Å². The van der Waals surface area contributed by atoms with E-state index in [4.69, 9.17) is 12.6 Å². The fourth-order valence-electron chi connectivity index (χ4n) is 4.25. The predicted octanol–water partition coefficient (Wildman–Crippen LogP) is 4.26. The highest BCUT2D eigenvalue weighted by Gasteiger charge is 2.56. The second kappa shape index (κ2) is 5.56. The highest BCUT2D eigenvalue weighted by atomic mass is 32.1.